The summed E-state index contributed by atoms with van der Waals surface area (Å²) in [5.74, 6) is 1.56. The van der Waals surface area contributed by atoms with Gasteiger partial charge in [0.05, 0.1) is 12.3 Å². The van der Waals surface area contributed by atoms with Crippen LogP contribution in [0.1, 0.15) is 43.1 Å². The van der Waals surface area contributed by atoms with E-state index in [1.807, 2.05) is 12.3 Å². The molecule has 1 saturated heterocycles. The van der Waals surface area contributed by atoms with Gasteiger partial charge in [0.25, 0.3) is 0 Å². The van der Waals surface area contributed by atoms with Gasteiger partial charge in [0, 0.05) is 25.8 Å². The van der Waals surface area contributed by atoms with Crippen LogP contribution in [0.15, 0.2) is 12.3 Å². The Balaban J connectivity index is 1.73. The number of aromatic nitrogens is 2. The number of hydrogen-bond donors (Lipinski definition) is 1. The first-order valence-electron chi connectivity index (χ1n) is 6.83. The highest BCUT2D eigenvalue weighted by Gasteiger charge is 2.42. The zero-order chi connectivity index (χ0) is 12.4. The van der Waals surface area contributed by atoms with Gasteiger partial charge >= 0.3 is 0 Å². The fourth-order valence-corrected chi connectivity index (χ4v) is 3.45. The molecule has 0 radical (unpaired) electrons. The SMILES string of the molecule is COCc1ccnc(C2CCC3(CCNC3)C2)n1. The highest BCUT2D eigenvalue weighted by Crippen LogP contribution is 2.48. The zero-order valence-electron chi connectivity index (χ0n) is 11.0. The molecule has 4 heteroatoms. The van der Waals surface area contributed by atoms with Gasteiger partial charge in [-0.15, -0.1) is 0 Å². The molecule has 1 saturated carbocycles. The molecule has 2 atom stereocenters. The summed E-state index contributed by atoms with van der Waals surface area (Å²) in [7, 11) is 1.70. The van der Waals surface area contributed by atoms with E-state index in [-0.39, 0.29) is 0 Å². The summed E-state index contributed by atoms with van der Waals surface area (Å²) in [6, 6.07) is 1.94. The fraction of sp³-hybridized carbons (Fsp3) is 0.714. The van der Waals surface area contributed by atoms with Crippen molar-refractivity contribution in [3.8, 4) is 0 Å². The Morgan fingerprint density at radius 1 is 1.50 bits per heavy atom. The van der Waals surface area contributed by atoms with Crippen LogP contribution in [-0.2, 0) is 11.3 Å². The first-order valence-corrected chi connectivity index (χ1v) is 6.83. The molecular weight excluding hydrogens is 226 g/mol. The summed E-state index contributed by atoms with van der Waals surface area (Å²) in [6.45, 7) is 2.94. The van der Waals surface area contributed by atoms with Crippen molar-refractivity contribution in [1.29, 1.82) is 0 Å². The predicted molar refractivity (Wildman–Crippen MR) is 69.3 cm³/mol. The molecule has 1 N–H and O–H groups in total. The van der Waals surface area contributed by atoms with Gasteiger partial charge in [-0.1, -0.05) is 0 Å². The second kappa shape index (κ2) is 4.94. The molecule has 1 aliphatic heterocycles. The summed E-state index contributed by atoms with van der Waals surface area (Å²) < 4.78 is 5.14. The number of rotatable bonds is 3. The Bertz CT molecular complexity index is 415. The van der Waals surface area contributed by atoms with E-state index in [1.54, 1.807) is 7.11 Å². The van der Waals surface area contributed by atoms with Crippen LogP contribution in [0.25, 0.3) is 0 Å². The van der Waals surface area contributed by atoms with Crippen LogP contribution in [0.2, 0.25) is 0 Å². The van der Waals surface area contributed by atoms with Crippen LogP contribution in [0.4, 0.5) is 0 Å². The van der Waals surface area contributed by atoms with E-state index in [0.29, 0.717) is 17.9 Å². The molecule has 98 valence electrons. The van der Waals surface area contributed by atoms with Crippen molar-refractivity contribution in [3.05, 3.63) is 23.8 Å². The summed E-state index contributed by atoms with van der Waals surface area (Å²) in [5, 5.41) is 3.50. The van der Waals surface area contributed by atoms with Gasteiger partial charge in [-0.05, 0) is 43.7 Å². The third kappa shape index (κ3) is 2.27. The normalized spacial score (nSPS) is 31.3. The van der Waals surface area contributed by atoms with E-state index in [4.69, 9.17) is 4.74 Å². The monoisotopic (exact) mass is 247 g/mol. The Morgan fingerprint density at radius 3 is 3.22 bits per heavy atom. The molecule has 1 aromatic rings. The third-order valence-electron chi connectivity index (χ3n) is 4.42. The van der Waals surface area contributed by atoms with Crippen LogP contribution in [0.3, 0.4) is 0 Å². The quantitative estimate of drug-likeness (QED) is 0.885. The van der Waals surface area contributed by atoms with E-state index < -0.39 is 0 Å². The number of hydrogen-bond acceptors (Lipinski definition) is 4. The molecule has 2 heterocycles. The molecule has 1 aliphatic carbocycles. The van der Waals surface area contributed by atoms with Gasteiger partial charge in [0.1, 0.15) is 5.82 Å². The molecule has 0 amide bonds. The van der Waals surface area contributed by atoms with E-state index in [0.717, 1.165) is 11.5 Å². The first kappa shape index (κ1) is 12.1. The minimum Gasteiger partial charge on any atom is -0.378 e. The molecule has 1 aromatic heterocycles. The molecule has 2 fully saturated rings. The second-order valence-corrected chi connectivity index (χ2v) is 5.71. The average Bonchev–Trinajstić information content (AvgIpc) is 3.01. The van der Waals surface area contributed by atoms with E-state index in [1.165, 1.54) is 38.8 Å². The van der Waals surface area contributed by atoms with Crippen molar-refractivity contribution in [2.75, 3.05) is 20.2 Å². The van der Waals surface area contributed by atoms with Crippen molar-refractivity contribution in [1.82, 2.24) is 15.3 Å². The number of nitrogens with zero attached hydrogens (tertiary/aromatic N) is 2. The lowest BCUT2D eigenvalue weighted by Gasteiger charge is -2.21. The average molecular weight is 247 g/mol. The molecular formula is C14H21N3O. The van der Waals surface area contributed by atoms with Crippen LogP contribution in [0, 0.1) is 5.41 Å². The fourth-order valence-electron chi connectivity index (χ4n) is 3.45. The molecule has 2 unspecified atom stereocenters. The maximum atomic E-state index is 5.14. The van der Waals surface area contributed by atoms with Gasteiger partial charge in [-0.2, -0.15) is 0 Å². The van der Waals surface area contributed by atoms with E-state index in [9.17, 15) is 0 Å². The molecule has 1 spiro atoms. The van der Waals surface area contributed by atoms with Crippen LogP contribution in [-0.4, -0.2) is 30.2 Å². The lowest BCUT2D eigenvalue weighted by atomic mass is 9.84. The predicted octanol–water partition coefficient (Wildman–Crippen LogP) is 1.87. The largest absolute Gasteiger partial charge is 0.378 e. The number of ether oxygens (including phenoxy) is 1. The Hall–Kier alpha value is -1.00. The van der Waals surface area contributed by atoms with Crippen molar-refractivity contribution in [2.24, 2.45) is 5.41 Å². The lowest BCUT2D eigenvalue weighted by Crippen LogP contribution is -2.20. The standard InChI is InChI=1S/C14H21N3O/c1-18-9-12-3-6-16-13(17-12)11-2-4-14(8-11)5-7-15-10-14/h3,6,11,15H,2,4-5,7-10H2,1H3. The van der Waals surface area contributed by atoms with Gasteiger partial charge in [-0.25, -0.2) is 9.97 Å². The van der Waals surface area contributed by atoms with E-state index in [2.05, 4.69) is 15.3 Å². The molecule has 4 nitrogen and oxygen atoms in total. The first-order chi connectivity index (χ1) is 8.81. The van der Waals surface area contributed by atoms with Crippen LogP contribution in [0.5, 0.6) is 0 Å². The highest BCUT2D eigenvalue weighted by atomic mass is 16.5. The van der Waals surface area contributed by atoms with Crippen molar-refractivity contribution < 1.29 is 4.74 Å². The smallest absolute Gasteiger partial charge is 0.131 e. The summed E-state index contributed by atoms with van der Waals surface area (Å²) >= 11 is 0. The number of nitrogens with one attached hydrogen (secondary N) is 1. The Kier molecular flexibility index (Phi) is 3.31. The summed E-state index contributed by atoms with van der Waals surface area (Å²) in [6.07, 6.45) is 6.99. The second-order valence-electron chi connectivity index (χ2n) is 5.71. The maximum Gasteiger partial charge on any atom is 0.131 e. The van der Waals surface area contributed by atoms with Crippen LogP contribution < -0.4 is 5.32 Å². The topological polar surface area (TPSA) is 47.0 Å². The molecule has 0 bridgehead atoms. The number of methoxy groups -OCH3 is 1. The van der Waals surface area contributed by atoms with E-state index >= 15 is 0 Å². The molecule has 2 aliphatic rings. The summed E-state index contributed by atoms with van der Waals surface area (Å²) in [5.41, 5.74) is 1.53. The lowest BCUT2D eigenvalue weighted by molar-refractivity contribution is 0.181. The van der Waals surface area contributed by atoms with Gasteiger partial charge in [0.2, 0.25) is 0 Å². The van der Waals surface area contributed by atoms with Crippen molar-refractivity contribution in [3.63, 3.8) is 0 Å². The maximum absolute atomic E-state index is 5.14. The van der Waals surface area contributed by atoms with Gasteiger partial charge in [0.15, 0.2) is 0 Å². The highest BCUT2D eigenvalue weighted by molar-refractivity contribution is 5.10. The van der Waals surface area contributed by atoms with Crippen molar-refractivity contribution >= 4 is 0 Å². The summed E-state index contributed by atoms with van der Waals surface area (Å²) in [4.78, 5) is 9.11. The minimum absolute atomic E-state index is 0.533. The minimum atomic E-state index is 0.533. The molecule has 0 aromatic carbocycles. The zero-order valence-corrected chi connectivity index (χ0v) is 11.0. The van der Waals surface area contributed by atoms with Crippen molar-refractivity contribution in [2.45, 2.75) is 38.2 Å². The Labute approximate surface area is 108 Å². The van der Waals surface area contributed by atoms with Crippen LogP contribution >= 0.6 is 0 Å². The van der Waals surface area contributed by atoms with Gasteiger partial charge in [-0.3, -0.25) is 0 Å². The molecule has 18 heavy (non-hydrogen) atoms. The molecule has 3 rings (SSSR count). The van der Waals surface area contributed by atoms with Gasteiger partial charge < -0.3 is 10.1 Å². The Morgan fingerprint density at radius 2 is 2.44 bits per heavy atom. The third-order valence-corrected chi connectivity index (χ3v) is 4.42.